The molecule has 8 heteroatoms. The molecule has 136 valence electrons. The van der Waals surface area contributed by atoms with Crippen LogP contribution in [0.3, 0.4) is 0 Å². The second kappa shape index (κ2) is 7.03. The maximum atomic E-state index is 12.4. The summed E-state index contributed by atoms with van der Waals surface area (Å²) in [5.41, 5.74) is 7.60. The summed E-state index contributed by atoms with van der Waals surface area (Å²) in [4.78, 5) is 12.4. The van der Waals surface area contributed by atoms with Crippen molar-refractivity contribution in [1.29, 1.82) is 0 Å². The summed E-state index contributed by atoms with van der Waals surface area (Å²) in [6, 6.07) is 9.84. The van der Waals surface area contributed by atoms with Gasteiger partial charge in [-0.05, 0) is 42.3 Å². The number of ether oxygens (including phenoxy) is 2. The van der Waals surface area contributed by atoms with Gasteiger partial charge in [0.2, 0.25) is 12.7 Å². The Morgan fingerprint density at radius 3 is 2.92 bits per heavy atom. The summed E-state index contributed by atoms with van der Waals surface area (Å²) in [6.07, 6.45) is 0.501. The van der Waals surface area contributed by atoms with Crippen molar-refractivity contribution in [1.82, 2.24) is 16.2 Å². The minimum absolute atomic E-state index is 0.126. The Morgan fingerprint density at radius 2 is 2.04 bits per heavy atom. The summed E-state index contributed by atoms with van der Waals surface area (Å²) in [6.45, 7) is 0.612. The van der Waals surface area contributed by atoms with Crippen LogP contribution in [-0.4, -0.2) is 23.8 Å². The number of phenols is 1. The second-order valence-corrected chi connectivity index (χ2v) is 6.67. The molecule has 2 atom stereocenters. The highest BCUT2D eigenvalue weighted by atomic mass is 35.5. The quantitative estimate of drug-likeness (QED) is 0.653. The molecule has 2 unspecified atom stereocenters. The fraction of sp³-hybridized carbons (Fsp3) is 0.278. The molecule has 0 radical (unpaired) electrons. The Bertz CT molecular complexity index is 845. The molecule has 2 aliphatic heterocycles. The number of phenolic OH excluding ortho intramolecular Hbond substituents is 1. The predicted molar refractivity (Wildman–Crippen MR) is 94.9 cm³/mol. The molecule has 7 nitrogen and oxygen atoms in total. The first-order valence-corrected chi connectivity index (χ1v) is 8.63. The largest absolute Gasteiger partial charge is 0.508 e. The summed E-state index contributed by atoms with van der Waals surface area (Å²) < 4.78 is 10.6. The minimum atomic E-state index is -0.410. The van der Waals surface area contributed by atoms with Gasteiger partial charge in [0.15, 0.2) is 11.5 Å². The molecule has 0 saturated carbocycles. The number of hydrogen-bond acceptors (Lipinski definition) is 6. The van der Waals surface area contributed by atoms with Gasteiger partial charge < -0.3 is 19.9 Å². The third-order valence-electron chi connectivity index (χ3n) is 4.49. The predicted octanol–water partition coefficient (Wildman–Crippen LogP) is 2.00. The van der Waals surface area contributed by atoms with E-state index in [1.807, 2.05) is 18.2 Å². The normalized spacial score (nSPS) is 21.0. The average molecular weight is 376 g/mol. The molecule has 4 rings (SSSR count). The van der Waals surface area contributed by atoms with Gasteiger partial charge in [0, 0.05) is 17.1 Å². The first kappa shape index (κ1) is 17.0. The smallest absolute Gasteiger partial charge is 0.238 e. The molecule has 0 bridgehead atoms. The van der Waals surface area contributed by atoms with E-state index < -0.39 is 6.04 Å². The van der Waals surface area contributed by atoms with Crippen LogP contribution in [-0.2, 0) is 11.3 Å². The lowest BCUT2D eigenvalue weighted by Crippen LogP contribution is -2.42. The third-order valence-corrected chi connectivity index (χ3v) is 4.72. The molecule has 2 heterocycles. The zero-order valence-corrected chi connectivity index (χ0v) is 14.5. The molecule has 0 aromatic heterocycles. The van der Waals surface area contributed by atoms with Crippen molar-refractivity contribution >= 4 is 17.5 Å². The number of halogens is 1. The first-order valence-electron chi connectivity index (χ1n) is 8.26. The number of amides is 1. The average Bonchev–Trinajstić information content (AvgIpc) is 3.30. The van der Waals surface area contributed by atoms with Crippen LogP contribution in [0.25, 0.3) is 0 Å². The molecule has 2 aliphatic rings. The summed E-state index contributed by atoms with van der Waals surface area (Å²) >= 11 is 5.99. The summed E-state index contributed by atoms with van der Waals surface area (Å²) in [5, 5.41) is 13.4. The van der Waals surface area contributed by atoms with Gasteiger partial charge in [0.25, 0.3) is 0 Å². The first-order chi connectivity index (χ1) is 12.6. The molecule has 2 aromatic carbocycles. The zero-order valence-electron chi connectivity index (χ0n) is 13.8. The third kappa shape index (κ3) is 3.41. The number of carbonyl (C=O) groups excluding carboxylic acids is 1. The molecule has 26 heavy (non-hydrogen) atoms. The number of rotatable bonds is 4. The van der Waals surface area contributed by atoms with Crippen LogP contribution in [0.4, 0.5) is 0 Å². The maximum absolute atomic E-state index is 12.4. The number of hydrazine groups is 1. The van der Waals surface area contributed by atoms with Crippen molar-refractivity contribution in [3.05, 3.63) is 52.5 Å². The van der Waals surface area contributed by atoms with Crippen molar-refractivity contribution in [2.75, 3.05) is 6.79 Å². The second-order valence-electron chi connectivity index (χ2n) is 6.24. The Hall–Kier alpha value is -2.48. The molecule has 1 fully saturated rings. The molecule has 0 aliphatic carbocycles. The lowest BCUT2D eigenvalue weighted by atomic mass is 10.0. The number of aromatic hydroxyl groups is 1. The van der Waals surface area contributed by atoms with E-state index in [2.05, 4.69) is 16.2 Å². The van der Waals surface area contributed by atoms with Crippen molar-refractivity contribution in [2.45, 2.75) is 25.0 Å². The Labute approximate surface area is 155 Å². The topological polar surface area (TPSA) is 91.9 Å². The Kier molecular flexibility index (Phi) is 4.58. The highest BCUT2D eigenvalue weighted by Gasteiger charge is 2.31. The highest BCUT2D eigenvalue weighted by Crippen LogP contribution is 2.33. The van der Waals surface area contributed by atoms with Crippen molar-refractivity contribution < 1.29 is 19.4 Å². The minimum Gasteiger partial charge on any atom is -0.508 e. The molecule has 2 aromatic rings. The Balaban J connectivity index is 1.35. The molecule has 4 N–H and O–H groups in total. The van der Waals surface area contributed by atoms with Gasteiger partial charge in [-0.2, -0.15) is 0 Å². The van der Waals surface area contributed by atoms with Gasteiger partial charge in [-0.15, -0.1) is 0 Å². The maximum Gasteiger partial charge on any atom is 0.238 e. The van der Waals surface area contributed by atoms with Gasteiger partial charge in [0.1, 0.15) is 11.8 Å². The van der Waals surface area contributed by atoms with E-state index in [1.165, 1.54) is 0 Å². The van der Waals surface area contributed by atoms with E-state index in [0.29, 0.717) is 35.1 Å². The van der Waals surface area contributed by atoms with Crippen LogP contribution in [0.1, 0.15) is 23.6 Å². The molecule has 1 saturated heterocycles. The zero-order chi connectivity index (χ0) is 18.1. The fourth-order valence-corrected chi connectivity index (χ4v) is 3.28. The summed E-state index contributed by atoms with van der Waals surface area (Å²) in [7, 11) is 0. The lowest BCUT2D eigenvalue weighted by molar-refractivity contribution is -0.123. The summed E-state index contributed by atoms with van der Waals surface area (Å²) in [5.74, 6) is 1.43. The van der Waals surface area contributed by atoms with E-state index >= 15 is 0 Å². The van der Waals surface area contributed by atoms with Gasteiger partial charge in [-0.3, -0.25) is 4.79 Å². The van der Waals surface area contributed by atoms with E-state index in [9.17, 15) is 9.90 Å². The van der Waals surface area contributed by atoms with Crippen molar-refractivity contribution in [3.8, 4) is 17.2 Å². The van der Waals surface area contributed by atoms with Crippen LogP contribution < -0.4 is 25.6 Å². The number of benzene rings is 2. The van der Waals surface area contributed by atoms with Crippen LogP contribution in [0, 0.1) is 0 Å². The van der Waals surface area contributed by atoms with E-state index in [-0.39, 0.29) is 24.5 Å². The van der Waals surface area contributed by atoms with Crippen LogP contribution >= 0.6 is 11.6 Å². The number of fused-ring (bicyclic) bond motifs is 1. The number of nitrogens with one attached hydrogen (secondary N) is 3. The standard InChI is InChI=1S/C18H18ClN3O4/c19-11-2-3-15(23)12(6-11)13-7-14(22-21-13)18(24)20-8-10-1-4-16-17(5-10)26-9-25-16/h1-6,13-14,21-23H,7-9H2,(H,20,24). The Morgan fingerprint density at radius 1 is 1.19 bits per heavy atom. The molecular formula is C18H18ClN3O4. The highest BCUT2D eigenvalue weighted by molar-refractivity contribution is 6.30. The van der Waals surface area contributed by atoms with Crippen molar-refractivity contribution in [2.24, 2.45) is 0 Å². The SMILES string of the molecule is O=C(NCc1ccc2c(c1)OCO2)C1CC(c2cc(Cl)ccc2O)NN1. The van der Waals surface area contributed by atoms with Crippen LogP contribution in [0.2, 0.25) is 5.02 Å². The van der Waals surface area contributed by atoms with Gasteiger partial charge in [-0.1, -0.05) is 17.7 Å². The monoisotopic (exact) mass is 375 g/mol. The fourth-order valence-electron chi connectivity index (χ4n) is 3.10. The molecule has 1 amide bonds. The van der Waals surface area contributed by atoms with Crippen LogP contribution in [0.15, 0.2) is 36.4 Å². The van der Waals surface area contributed by atoms with Gasteiger partial charge >= 0.3 is 0 Å². The van der Waals surface area contributed by atoms with Gasteiger partial charge in [-0.25, -0.2) is 10.9 Å². The van der Waals surface area contributed by atoms with E-state index in [1.54, 1.807) is 18.2 Å². The van der Waals surface area contributed by atoms with E-state index in [4.69, 9.17) is 21.1 Å². The van der Waals surface area contributed by atoms with Crippen LogP contribution in [0.5, 0.6) is 17.2 Å². The van der Waals surface area contributed by atoms with Crippen molar-refractivity contribution in [3.63, 3.8) is 0 Å². The molecular weight excluding hydrogens is 358 g/mol. The number of carbonyl (C=O) groups is 1. The van der Waals surface area contributed by atoms with Gasteiger partial charge in [0.05, 0.1) is 6.04 Å². The molecule has 0 spiro atoms. The lowest BCUT2D eigenvalue weighted by Gasteiger charge is -2.12. The number of hydrogen-bond donors (Lipinski definition) is 4. The van der Waals surface area contributed by atoms with E-state index in [0.717, 1.165) is 5.56 Å².